The SMILES string of the molecule is CC(C)[C@H](CC(=O)c1cc(C2CC2)c(OCC23CC4CC(CC(C4)C2)C3)cc1F)C(=O)O. The van der Waals surface area contributed by atoms with Gasteiger partial charge in [-0.05, 0) is 92.6 Å². The lowest BCUT2D eigenvalue weighted by Gasteiger charge is -2.56. The predicted octanol–water partition coefficient (Wildman–Crippen LogP) is 6.23. The van der Waals surface area contributed by atoms with Crippen LogP contribution >= 0.6 is 0 Å². The van der Waals surface area contributed by atoms with E-state index < -0.39 is 23.5 Å². The fraction of sp³-hybridized carbons (Fsp3) is 0.704. The maximum absolute atomic E-state index is 15.1. The van der Waals surface area contributed by atoms with Crippen LogP contribution in [0.5, 0.6) is 5.75 Å². The van der Waals surface area contributed by atoms with Crippen LogP contribution in [-0.2, 0) is 4.79 Å². The summed E-state index contributed by atoms with van der Waals surface area (Å²) in [5.74, 6) is 0.402. The van der Waals surface area contributed by atoms with Gasteiger partial charge in [-0.1, -0.05) is 13.8 Å². The molecular weight excluding hydrogens is 407 g/mol. The second kappa shape index (κ2) is 8.14. The first-order valence-electron chi connectivity index (χ1n) is 12.5. The molecule has 0 aliphatic heterocycles. The lowest BCUT2D eigenvalue weighted by atomic mass is 9.50. The Kier molecular flexibility index (Phi) is 5.58. The Morgan fingerprint density at radius 2 is 1.69 bits per heavy atom. The maximum atomic E-state index is 15.1. The molecule has 0 aromatic heterocycles. The Balaban J connectivity index is 1.34. The quantitative estimate of drug-likeness (QED) is 0.461. The number of carboxylic acid groups (broad SMARTS) is 1. The fourth-order valence-electron chi connectivity index (χ4n) is 7.24. The van der Waals surface area contributed by atoms with E-state index in [0.29, 0.717) is 18.3 Å². The van der Waals surface area contributed by atoms with Crippen molar-refractivity contribution < 1.29 is 23.8 Å². The summed E-state index contributed by atoms with van der Waals surface area (Å²) in [5.41, 5.74) is 1.18. The summed E-state index contributed by atoms with van der Waals surface area (Å²) in [7, 11) is 0. The molecule has 5 heteroatoms. The first-order valence-corrected chi connectivity index (χ1v) is 12.5. The van der Waals surface area contributed by atoms with Crippen LogP contribution < -0.4 is 4.74 Å². The van der Waals surface area contributed by atoms with Gasteiger partial charge in [0.2, 0.25) is 0 Å². The predicted molar refractivity (Wildman–Crippen MR) is 119 cm³/mol. The molecule has 174 valence electrons. The number of ketones is 1. The summed E-state index contributed by atoms with van der Waals surface area (Å²) < 4.78 is 21.4. The molecule has 32 heavy (non-hydrogen) atoms. The lowest BCUT2D eigenvalue weighted by Crippen LogP contribution is -2.48. The van der Waals surface area contributed by atoms with Gasteiger partial charge in [0.15, 0.2) is 5.78 Å². The number of carbonyl (C=O) groups excluding carboxylic acids is 1. The van der Waals surface area contributed by atoms with Crippen molar-refractivity contribution >= 4 is 11.8 Å². The van der Waals surface area contributed by atoms with Gasteiger partial charge in [0.05, 0.1) is 18.1 Å². The van der Waals surface area contributed by atoms with Crippen molar-refractivity contribution in [2.75, 3.05) is 6.61 Å². The van der Waals surface area contributed by atoms with Crippen molar-refractivity contribution in [1.82, 2.24) is 0 Å². The molecule has 5 fully saturated rings. The number of carboxylic acids is 1. The first kappa shape index (κ1) is 21.9. The zero-order valence-corrected chi connectivity index (χ0v) is 19.2. The molecule has 0 heterocycles. The van der Waals surface area contributed by atoms with Gasteiger partial charge in [-0.3, -0.25) is 9.59 Å². The van der Waals surface area contributed by atoms with E-state index in [4.69, 9.17) is 4.74 Å². The molecule has 0 unspecified atom stereocenters. The van der Waals surface area contributed by atoms with Crippen LogP contribution in [0.2, 0.25) is 0 Å². The maximum Gasteiger partial charge on any atom is 0.307 e. The van der Waals surface area contributed by atoms with E-state index in [1.54, 1.807) is 19.9 Å². The highest BCUT2D eigenvalue weighted by Gasteiger charge is 2.51. The molecule has 0 radical (unpaired) electrons. The molecule has 5 aliphatic carbocycles. The number of hydrogen-bond acceptors (Lipinski definition) is 3. The molecule has 0 amide bonds. The van der Waals surface area contributed by atoms with Crippen molar-refractivity contribution in [3.63, 3.8) is 0 Å². The third-order valence-electron chi connectivity index (χ3n) is 8.64. The molecular formula is C27H35FO4. The summed E-state index contributed by atoms with van der Waals surface area (Å²) >= 11 is 0. The number of carbonyl (C=O) groups is 2. The smallest absolute Gasteiger partial charge is 0.307 e. The molecule has 1 aromatic carbocycles. The molecule has 1 N–H and O–H groups in total. The fourth-order valence-corrected chi connectivity index (χ4v) is 7.24. The van der Waals surface area contributed by atoms with Crippen LogP contribution in [0.25, 0.3) is 0 Å². The van der Waals surface area contributed by atoms with Gasteiger partial charge >= 0.3 is 5.97 Å². The Bertz CT molecular complexity index is 881. The minimum atomic E-state index is -1.01. The highest BCUT2D eigenvalue weighted by Crippen LogP contribution is 2.60. The van der Waals surface area contributed by atoms with Crippen LogP contribution in [0.15, 0.2) is 12.1 Å². The third-order valence-corrected chi connectivity index (χ3v) is 8.64. The van der Waals surface area contributed by atoms with Gasteiger partial charge in [-0.2, -0.15) is 0 Å². The standard InChI is InChI=1S/C27H35FO4/c1-15(2)20(26(30)31)9-24(29)22-8-21(19-3-4-19)25(10-23(22)28)32-14-27-11-16-5-17(12-27)7-18(6-16)13-27/h8,10,15-20H,3-7,9,11-14H2,1-2H3,(H,30,31)/t16?,17?,18?,20-,27?/m0/s1. The number of Topliss-reactive ketones (excluding diaryl/α,β-unsaturated/α-hetero) is 1. The number of benzene rings is 1. The topological polar surface area (TPSA) is 63.6 Å². The highest BCUT2D eigenvalue weighted by atomic mass is 19.1. The van der Waals surface area contributed by atoms with Crippen molar-refractivity contribution in [2.45, 2.75) is 77.6 Å². The normalized spacial score (nSPS) is 31.7. The minimum absolute atomic E-state index is 0.0148. The van der Waals surface area contributed by atoms with Crippen molar-refractivity contribution in [3.8, 4) is 5.75 Å². The minimum Gasteiger partial charge on any atom is -0.493 e. The van der Waals surface area contributed by atoms with E-state index in [9.17, 15) is 14.7 Å². The van der Waals surface area contributed by atoms with Crippen molar-refractivity contribution in [3.05, 3.63) is 29.1 Å². The van der Waals surface area contributed by atoms with Crippen LogP contribution in [0.1, 0.15) is 93.5 Å². The summed E-state index contributed by atoms with van der Waals surface area (Å²) in [4.78, 5) is 24.3. The average molecular weight is 443 g/mol. The molecule has 4 nitrogen and oxygen atoms in total. The van der Waals surface area contributed by atoms with Gasteiger partial charge in [0.25, 0.3) is 0 Å². The summed E-state index contributed by atoms with van der Waals surface area (Å²) in [6, 6.07) is 3.05. The number of halogens is 1. The lowest BCUT2D eigenvalue weighted by molar-refractivity contribution is -0.143. The molecule has 4 bridgehead atoms. The highest BCUT2D eigenvalue weighted by molar-refractivity contribution is 5.98. The molecule has 1 aromatic rings. The Morgan fingerprint density at radius 1 is 1.09 bits per heavy atom. The van der Waals surface area contributed by atoms with Crippen LogP contribution in [0.3, 0.4) is 0 Å². The van der Waals surface area contributed by atoms with Crippen molar-refractivity contribution in [1.29, 1.82) is 0 Å². The Morgan fingerprint density at radius 3 is 2.19 bits per heavy atom. The van der Waals surface area contributed by atoms with Crippen LogP contribution in [0.4, 0.5) is 4.39 Å². The van der Waals surface area contributed by atoms with Gasteiger partial charge in [0, 0.05) is 17.9 Å². The van der Waals surface area contributed by atoms with E-state index in [1.165, 1.54) is 44.6 Å². The van der Waals surface area contributed by atoms with E-state index in [0.717, 1.165) is 36.2 Å². The van der Waals surface area contributed by atoms with Gasteiger partial charge in [-0.15, -0.1) is 0 Å². The van der Waals surface area contributed by atoms with E-state index in [-0.39, 0.29) is 23.3 Å². The Labute approximate surface area is 189 Å². The van der Waals surface area contributed by atoms with Crippen LogP contribution in [0, 0.1) is 40.8 Å². The number of ether oxygens (including phenoxy) is 1. The second-order valence-corrected chi connectivity index (χ2v) is 11.7. The van der Waals surface area contributed by atoms with Gasteiger partial charge < -0.3 is 9.84 Å². The monoisotopic (exact) mass is 442 g/mol. The first-order chi connectivity index (χ1) is 15.2. The third kappa shape index (κ3) is 4.20. The molecule has 1 atom stereocenters. The molecule has 6 rings (SSSR count). The summed E-state index contributed by atoms with van der Waals surface area (Å²) in [6.45, 7) is 4.20. The van der Waals surface area contributed by atoms with E-state index >= 15 is 4.39 Å². The number of aliphatic carboxylic acids is 1. The van der Waals surface area contributed by atoms with Gasteiger partial charge in [0.1, 0.15) is 11.6 Å². The van der Waals surface area contributed by atoms with Crippen molar-refractivity contribution in [2.24, 2.45) is 35.0 Å². The number of hydrogen-bond donors (Lipinski definition) is 1. The molecule has 0 saturated heterocycles. The zero-order valence-electron chi connectivity index (χ0n) is 19.2. The molecule has 5 saturated carbocycles. The van der Waals surface area contributed by atoms with E-state index in [2.05, 4.69) is 0 Å². The van der Waals surface area contributed by atoms with Gasteiger partial charge in [-0.25, -0.2) is 4.39 Å². The molecule has 5 aliphatic rings. The second-order valence-electron chi connectivity index (χ2n) is 11.7. The summed E-state index contributed by atoms with van der Waals surface area (Å²) in [5, 5.41) is 9.43. The zero-order chi connectivity index (χ0) is 22.6. The number of rotatable bonds is 9. The summed E-state index contributed by atoms with van der Waals surface area (Å²) in [6.07, 6.45) is 9.73. The largest absolute Gasteiger partial charge is 0.493 e. The average Bonchev–Trinajstić information content (AvgIpc) is 3.54. The van der Waals surface area contributed by atoms with E-state index in [1.807, 2.05) is 0 Å². The van der Waals surface area contributed by atoms with Crippen LogP contribution in [-0.4, -0.2) is 23.5 Å². The Hall–Kier alpha value is -1.91. The molecule has 0 spiro atoms.